The van der Waals surface area contributed by atoms with Crippen LogP contribution in [0.1, 0.15) is 31.2 Å². The van der Waals surface area contributed by atoms with E-state index in [-0.39, 0.29) is 0 Å². The van der Waals surface area contributed by atoms with Gasteiger partial charge in [-0.2, -0.15) is 0 Å². The van der Waals surface area contributed by atoms with Crippen molar-refractivity contribution in [1.29, 1.82) is 0 Å². The van der Waals surface area contributed by atoms with Gasteiger partial charge < -0.3 is 5.73 Å². The Hall–Kier alpha value is -0.340. The van der Waals surface area contributed by atoms with Gasteiger partial charge >= 0.3 is 0 Å². The molecule has 0 radical (unpaired) electrons. The SMILES string of the molecule is NCC1(c2cccc(Br)c2)CC2(CC2)C1. The zero-order valence-corrected chi connectivity index (χ0v) is 10.4. The standard InChI is InChI=1S/C13H16BrN/c14-11-3-1-2-10(6-11)13(9-15)7-12(8-13)4-5-12/h1-3,6H,4-5,7-9,15H2. The summed E-state index contributed by atoms with van der Waals surface area (Å²) in [7, 11) is 0. The fourth-order valence-electron chi connectivity index (χ4n) is 3.20. The molecule has 0 saturated heterocycles. The Morgan fingerprint density at radius 2 is 2.00 bits per heavy atom. The quantitative estimate of drug-likeness (QED) is 0.873. The highest BCUT2D eigenvalue weighted by Gasteiger charge is 2.60. The van der Waals surface area contributed by atoms with Gasteiger partial charge in [0, 0.05) is 16.4 Å². The van der Waals surface area contributed by atoms with E-state index in [1.807, 2.05) is 0 Å². The van der Waals surface area contributed by atoms with Crippen LogP contribution in [0.3, 0.4) is 0 Å². The second kappa shape index (κ2) is 3.08. The zero-order chi connectivity index (χ0) is 10.5. The van der Waals surface area contributed by atoms with Crippen LogP contribution in [0.25, 0.3) is 0 Å². The Balaban J connectivity index is 1.91. The predicted octanol–water partition coefficient (Wildman–Crippen LogP) is 3.22. The van der Waals surface area contributed by atoms with Gasteiger partial charge in [-0.3, -0.25) is 0 Å². The summed E-state index contributed by atoms with van der Waals surface area (Å²) in [6.07, 6.45) is 5.49. The minimum absolute atomic E-state index is 0.292. The minimum Gasteiger partial charge on any atom is -0.330 e. The van der Waals surface area contributed by atoms with Crippen LogP contribution >= 0.6 is 15.9 Å². The number of halogens is 1. The van der Waals surface area contributed by atoms with E-state index < -0.39 is 0 Å². The van der Waals surface area contributed by atoms with E-state index in [1.54, 1.807) is 0 Å². The van der Waals surface area contributed by atoms with Gasteiger partial charge in [0.15, 0.2) is 0 Å². The summed E-state index contributed by atoms with van der Waals surface area (Å²) in [5.41, 5.74) is 8.41. The molecule has 0 amide bonds. The first-order valence-corrected chi connectivity index (χ1v) is 6.44. The van der Waals surface area contributed by atoms with Crippen molar-refractivity contribution in [2.45, 2.75) is 31.1 Å². The molecule has 2 saturated carbocycles. The highest BCUT2D eigenvalue weighted by atomic mass is 79.9. The van der Waals surface area contributed by atoms with Gasteiger partial charge in [-0.25, -0.2) is 0 Å². The number of hydrogen-bond acceptors (Lipinski definition) is 1. The summed E-state index contributed by atoms with van der Waals surface area (Å²) in [5.74, 6) is 0. The van der Waals surface area contributed by atoms with Crippen LogP contribution < -0.4 is 5.73 Å². The Morgan fingerprint density at radius 3 is 2.53 bits per heavy atom. The van der Waals surface area contributed by atoms with Gasteiger partial charge in [-0.15, -0.1) is 0 Å². The van der Waals surface area contributed by atoms with Crippen LogP contribution in [0.4, 0.5) is 0 Å². The molecule has 2 aliphatic carbocycles. The lowest BCUT2D eigenvalue weighted by Gasteiger charge is -2.49. The molecule has 80 valence electrons. The van der Waals surface area contributed by atoms with Crippen molar-refractivity contribution in [2.75, 3.05) is 6.54 Å². The largest absolute Gasteiger partial charge is 0.330 e. The zero-order valence-electron chi connectivity index (χ0n) is 8.80. The van der Waals surface area contributed by atoms with E-state index in [9.17, 15) is 0 Å². The molecular weight excluding hydrogens is 250 g/mol. The molecule has 1 aromatic carbocycles. The fourth-order valence-corrected chi connectivity index (χ4v) is 3.60. The van der Waals surface area contributed by atoms with E-state index >= 15 is 0 Å². The topological polar surface area (TPSA) is 26.0 Å². The van der Waals surface area contributed by atoms with E-state index in [2.05, 4.69) is 40.2 Å². The van der Waals surface area contributed by atoms with Gasteiger partial charge in [-0.1, -0.05) is 28.1 Å². The van der Waals surface area contributed by atoms with E-state index in [0.29, 0.717) is 10.8 Å². The summed E-state index contributed by atoms with van der Waals surface area (Å²) in [4.78, 5) is 0. The monoisotopic (exact) mass is 265 g/mol. The lowest BCUT2D eigenvalue weighted by atomic mass is 9.56. The summed E-state index contributed by atoms with van der Waals surface area (Å²) in [5, 5.41) is 0. The lowest BCUT2D eigenvalue weighted by molar-refractivity contribution is 0.126. The van der Waals surface area contributed by atoms with Crippen LogP contribution in [0.2, 0.25) is 0 Å². The summed E-state index contributed by atoms with van der Waals surface area (Å²) in [6, 6.07) is 8.67. The predicted molar refractivity (Wildman–Crippen MR) is 65.8 cm³/mol. The van der Waals surface area contributed by atoms with E-state index in [1.165, 1.54) is 35.7 Å². The van der Waals surface area contributed by atoms with Crippen molar-refractivity contribution < 1.29 is 0 Å². The maximum atomic E-state index is 5.98. The van der Waals surface area contributed by atoms with Gasteiger partial charge in [-0.05, 0) is 48.8 Å². The van der Waals surface area contributed by atoms with Gasteiger partial charge in [0.05, 0.1) is 0 Å². The molecular formula is C13H16BrN. The maximum absolute atomic E-state index is 5.98. The number of hydrogen-bond donors (Lipinski definition) is 1. The molecule has 0 bridgehead atoms. The van der Waals surface area contributed by atoms with Crippen molar-refractivity contribution in [3.05, 3.63) is 34.3 Å². The van der Waals surface area contributed by atoms with Crippen LogP contribution in [0.15, 0.2) is 28.7 Å². The third-order valence-corrected chi connectivity index (χ3v) is 4.70. The van der Waals surface area contributed by atoms with Gasteiger partial charge in [0.25, 0.3) is 0 Å². The van der Waals surface area contributed by atoms with Crippen LogP contribution in [-0.2, 0) is 5.41 Å². The van der Waals surface area contributed by atoms with Crippen molar-refractivity contribution in [3.63, 3.8) is 0 Å². The average molecular weight is 266 g/mol. The summed E-state index contributed by atoms with van der Waals surface area (Å²) in [6.45, 7) is 0.797. The number of rotatable bonds is 2. The Bertz CT molecular complexity index is 387. The van der Waals surface area contributed by atoms with Gasteiger partial charge in [0.1, 0.15) is 0 Å². The van der Waals surface area contributed by atoms with Crippen LogP contribution in [0, 0.1) is 5.41 Å². The minimum atomic E-state index is 0.292. The molecule has 2 fully saturated rings. The molecule has 2 heteroatoms. The van der Waals surface area contributed by atoms with Crippen molar-refractivity contribution in [1.82, 2.24) is 0 Å². The highest BCUT2D eigenvalue weighted by Crippen LogP contribution is 2.68. The first-order valence-electron chi connectivity index (χ1n) is 5.64. The van der Waals surface area contributed by atoms with Crippen LogP contribution in [-0.4, -0.2) is 6.54 Å². The maximum Gasteiger partial charge on any atom is 0.0178 e. The molecule has 0 aliphatic heterocycles. The Labute approximate surface area is 99.2 Å². The smallest absolute Gasteiger partial charge is 0.0178 e. The third-order valence-electron chi connectivity index (χ3n) is 4.21. The highest BCUT2D eigenvalue weighted by molar-refractivity contribution is 9.10. The molecule has 1 aromatic rings. The molecule has 1 spiro atoms. The number of benzene rings is 1. The molecule has 1 nitrogen and oxygen atoms in total. The van der Waals surface area contributed by atoms with Crippen molar-refractivity contribution >= 4 is 15.9 Å². The Kier molecular flexibility index (Phi) is 2.02. The van der Waals surface area contributed by atoms with E-state index in [4.69, 9.17) is 5.73 Å². The summed E-state index contributed by atoms with van der Waals surface area (Å²) >= 11 is 3.54. The van der Waals surface area contributed by atoms with Gasteiger partial charge in [0.2, 0.25) is 0 Å². The lowest BCUT2D eigenvalue weighted by Crippen LogP contribution is -2.48. The van der Waals surface area contributed by atoms with Crippen molar-refractivity contribution in [3.8, 4) is 0 Å². The van der Waals surface area contributed by atoms with Crippen molar-refractivity contribution in [2.24, 2.45) is 11.1 Å². The molecule has 15 heavy (non-hydrogen) atoms. The summed E-state index contributed by atoms with van der Waals surface area (Å²) < 4.78 is 1.17. The molecule has 3 rings (SSSR count). The third kappa shape index (κ3) is 1.46. The molecule has 0 heterocycles. The normalized spacial score (nSPS) is 24.9. The molecule has 2 aliphatic rings. The molecule has 2 N–H and O–H groups in total. The first kappa shape index (κ1) is 9.86. The second-order valence-corrected chi connectivity index (χ2v) is 6.26. The van der Waals surface area contributed by atoms with Crippen LogP contribution in [0.5, 0.6) is 0 Å². The Morgan fingerprint density at radius 1 is 1.27 bits per heavy atom. The molecule has 0 atom stereocenters. The second-order valence-electron chi connectivity index (χ2n) is 5.35. The first-order chi connectivity index (χ1) is 7.18. The number of nitrogens with two attached hydrogens (primary N) is 1. The molecule has 0 unspecified atom stereocenters. The average Bonchev–Trinajstić information content (AvgIpc) is 2.94. The molecule has 0 aromatic heterocycles. The fraction of sp³-hybridized carbons (Fsp3) is 0.538. The van der Waals surface area contributed by atoms with E-state index in [0.717, 1.165) is 6.54 Å².